The Morgan fingerprint density at radius 3 is 2.67 bits per heavy atom. The molecule has 6 nitrogen and oxygen atoms in total. The van der Waals surface area contributed by atoms with E-state index in [2.05, 4.69) is 57.5 Å². The predicted molar refractivity (Wildman–Crippen MR) is 123 cm³/mol. The lowest BCUT2D eigenvalue weighted by atomic mass is 10.1. The number of hydrogen-bond donors (Lipinski definition) is 2. The van der Waals surface area contributed by atoms with Crippen LogP contribution in [0.4, 0.5) is 5.82 Å². The summed E-state index contributed by atoms with van der Waals surface area (Å²) in [5, 5.41) is 7.38. The van der Waals surface area contributed by atoms with E-state index in [0.717, 1.165) is 35.7 Å². The maximum absolute atomic E-state index is 12.8. The van der Waals surface area contributed by atoms with Crippen molar-refractivity contribution in [3.05, 3.63) is 52.2 Å². The lowest BCUT2D eigenvalue weighted by molar-refractivity contribution is -0.121. The van der Waals surface area contributed by atoms with Gasteiger partial charge in [0.05, 0.1) is 5.39 Å². The summed E-state index contributed by atoms with van der Waals surface area (Å²) in [5.74, 6) is 0.682. The highest BCUT2D eigenvalue weighted by Gasteiger charge is 2.18. The van der Waals surface area contributed by atoms with Crippen molar-refractivity contribution in [2.75, 3.05) is 18.4 Å². The number of amides is 1. The van der Waals surface area contributed by atoms with Crippen LogP contribution in [0.25, 0.3) is 10.2 Å². The van der Waals surface area contributed by atoms with E-state index in [4.69, 9.17) is 0 Å². The van der Waals surface area contributed by atoms with Crippen LogP contribution in [0.2, 0.25) is 0 Å². The molecule has 1 amide bonds. The molecule has 2 aromatic heterocycles. The number of thiophene rings is 1. The molecular weight excluding hydrogens is 394 g/mol. The maximum Gasteiger partial charge on any atom is 0.242 e. The number of rotatable bonds is 7. The van der Waals surface area contributed by atoms with Crippen molar-refractivity contribution in [3.8, 4) is 0 Å². The number of hydrogen-bond acceptors (Lipinski definition) is 6. The molecule has 3 aromatic rings. The zero-order valence-electron chi connectivity index (χ0n) is 17.9. The van der Waals surface area contributed by atoms with Gasteiger partial charge in [-0.3, -0.25) is 9.69 Å². The number of aryl methyl sites for hydroxylation is 2. The van der Waals surface area contributed by atoms with Crippen LogP contribution in [0.1, 0.15) is 41.3 Å². The van der Waals surface area contributed by atoms with Crippen LogP contribution >= 0.6 is 11.3 Å². The van der Waals surface area contributed by atoms with Crippen LogP contribution < -0.4 is 10.6 Å². The lowest BCUT2D eigenvalue weighted by Gasteiger charge is -2.19. The standard InChI is InChI=1S/C23H29N5OS/c1-15-17(3)30-23-20(15)21(25-14-26-23)27-16(2)22(29)24-12-18-8-4-5-9-19(18)13-28-10-6-7-11-28/h4-5,8-9,14,16H,6-7,10-13H2,1-3H3,(H,24,29)(H,25,26,27)/t16-/m1/s1. The highest BCUT2D eigenvalue weighted by Crippen LogP contribution is 2.32. The smallest absolute Gasteiger partial charge is 0.242 e. The number of carbonyl (C=O) groups is 1. The fraction of sp³-hybridized carbons (Fsp3) is 0.435. The Balaban J connectivity index is 1.40. The van der Waals surface area contributed by atoms with Gasteiger partial charge in [-0.1, -0.05) is 24.3 Å². The second kappa shape index (κ2) is 9.10. The second-order valence-electron chi connectivity index (χ2n) is 8.02. The van der Waals surface area contributed by atoms with Gasteiger partial charge < -0.3 is 10.6 Å². The lowest BCUT2D eigenvalue weighted by Crippen LogP contribution is -2.37. The molecule has 158 valence electrons. The Morgan fingerprint density at radius 2 is 1.90 bits per heavy atom. The van der Waals surface area contributed by atoms with Crippen molar-refractivity contribution >= 4 is 33.3 Å². The van der Waals surface area contributed by atoms with Crippen molar-refractivity contribution in [3.63, 3.8) is 0 Å². The molecule has 2 N–H and O–H groups in total. The molecule has 0 unspecified atom stereocenters. The third kappa shape index (κ3) is 4.47. The predicted octanol–water partition coefficient (Wildman–Crippen LogP) is 4.02. The van der Waals surface area contributed by atoms with Gasteiger partial charge in [0.2, 0.25) is 5.91 Å². The van der Waals surface area contributed by atoms with Gasteiger partial charge in [0.25, 0.3) is 0 Å². The van der Waals surface area contributed by atoms with Crippen molar-refractivity contribution < 1.29 is 4.79 Å². The first kappa shape index (κ1) is 20.8. The normalized spacial score (nSPS) is 15.4. The Bertz CT molecular complexity index is 1040. The molecule has 7 heteroatoms. The molecule has 30 heavy (non-hydrogen) atoms. The third-order valence-electron chi connectivity index (χ3n) is 5.88. The van der Waals surface area contributed by atoms with E-state index in [9.17, 15) is 4.79 Å². The van der Waals surface area contributed by atoms with E-state index in [1.165, 1.54) is 34.4 Å². The molecule has 1 atom stereocenters. The highest BCUT2D eigenvalue weighted by molar-refractivity contribution is 7.18. The summed E-state index contributed by atoms with van der Waals surface area (Å²) in [6.07, 6.45) is 4.11. The Labute approximate surface area is 181 Å². The number of nitrogens with zero attached hydrogens (tertiary/aromatic N) is 3. The molecule has 1 aromatic carbocycles. The van der Waals surface area contributed by atoms with Crippen LogP contribution in [-0.4, -0.2) is 39.9 Å². The van der Waals surface area contributed by atoms with Gasteiger partial charge in [-0.15, -0.1) is 11.3 Å². The first-order chi connectivity index (χ1) is 14.5. The average Bonchev–Trinajstić information content (AvgIpc) is 3.35. The number of benzene rings is 1. The molecule has 3 heterocycles. The number of carbonyl (C=O) groups excluding carboxylic acids is 1. The van der Waals surface area contributed by atoms with E-state index in [1.807, 2.05) is 13.0 Å². The minimum atomic E-state index is -0.395. The van der Waals surface area contributed by atoms with E-state index in [-0.39, 0.29) is 5.91 Å². The summed E-state index contributed by atoms with van der Waals surface area (Å²) in [6.45, 7) is 9.84. The van der Waals surface area contributed by atoms with Crippen molar-refractivity contribution in [1.29, 1.82) is 0 Å². The number of nitrogens with one attached hydrogen (secondary N) is 2. The molecule has 0 bridgehead atoms. The van der Waals surface area contributed by atoms with Gasteiger partial charge in [-0.05, 0) is 63.4 Å². The summed E-state index contributed by atoms with van der Waals surface area (Å²) in [5.41, 5.74) is 3.64. The van der Waals surface area contributed by atoms with Crippen LogP contribution in [0.3, 0.4) is 0 Å². The van der Waals surface area contributed by atoms with Crippen LogP contribution in [0.15, 0.2) is 30.6 Å². The minimum Gasteiger partial charge on any atom is -0.358 e. The first-order valence-electron chi connectivity index (χ1n) is 10.6. The third-order valence-corrected chi connectivity index (χ3v) is 6.99. The molecule has 0 radical (unpaired) electrons. The van der Waals surface area contributed by atoms with Crippen molar-refractivity contribution in [2.45, 2.75) is 52.7 Å². The van der Waals surface area contributed by atoms with Gasteiger partial charge in [0.1, 0.15) is 23.0 Å². The van der Waals surface area contributed by atoms with Crippen LogP contribution in [0.5, 0.6) is 0 Å². The molecule has 4 rings (SSSR count). The number of likely N-dealkylation sites (tertiary alicyclic amines) is 1. The molecule has 0 aliphatic carbocycles. The van der Waals surface area contributed by atoms with E-state index in [1.54, 1.807) is 17.7 Å². The van der Waals surface area contributed by atoms with Gasteiger partial charge in [0.15, 0.2) is 0 Å². The Morgan fingerprint density at radius 1 is 1.17 bits per heavy atom. The molecule has 1 aliphatic rings. The van der Waals surface area contributed by atoms with Crippen molar-refractivity contribution in [2.24, 2.45) is 0 Å². The van der Waals surface area contributed by atoms with E-state index in [0.29, 0.717) is 6.54 Å². The topological polar surface area (TPSA) is 70.1 Å². The highest BCUT2D eigenvalue weighted by atomic mass is 32.1. The van der Waals surface area contributed by atoms with Crippen molar-refractivity contribution in [1.82, 2.24) is 20.2 Å². The zero-order valence-corrected chi connectivity index (χ0v) is 18.7. The fourth-order valence-corrected chi connectivity index (χ4v) is 4.96. The summed E-state index contributed by atoms with van der Waals surface area (Å²) < 4.78 is 0. The monoisotopic (exact) mass is 423 g/mol. The minimum absolute atomic E-state index is 0.0395. The molecule has 0 saturated carbocycles. The number of anilines is 1. The quantitative estimate of drug-likeness (QED) is 0.601. The largest absolute Gasteiger partial charge is 0.358 e. The summed E-state index contributed by atoms with van der Waals surface area (Å²) in [4.78, 5) is 26.2. The summed E-state index contributed by atoms with van der Waals surface area (Å²) in [6, 6.07) is 7.99. The van der Waals surface area contributed by atoms with Crippen LogP contribution in [-0.2, 0) is 17.9 Å². The second-order valence-corrected chi connectivity index (χ2v) is 9.22. The maximum atomic E-state index is 12.8. The van der Waals surface area contributed by atoms with Crippen LogP contribution in [0, 0.1) is 13.8 Å². The summed E-state index contributed by atoms with van der Waals surface area (Å²) >= 11 is 1.65. The van der Waals surface area contributed by atoms with Gasteiger partial charge >= 0.3 is 0 Å². The average molecular weight is 424 g/mol. The van der Waals surface area contributed by atoms with Gasteiger partial charge in [-0.2, -0.15) is 0 Å². The molecule has 1 saturated heterocycles. The van der Waals surface area contributed by atoms with E-state index >= 15 is 0 Å². The Hall–Kier alpha value is -2.51. The SMILES string of the molecule is Cc1sc2ncnc(N[C@H](C)C(=O)NCc3ccccc3CN3CCCC3)c2c1C. The molecule has 0 spiro atoms. The summed E-state index contributed by atoms with van der Waals surface area (Å²) in [7, 11) is 0. The number of fused-ring (bicyclic) bond motifs is 1. The van der Waals surface area contributed by atoms with Gasteiger partial charge in [-0.25, -0.2) is 9.97 Å². The number of aromatic nitrogens is 2. The molecule has 1 aliphatic heterocycles. The molecule has 1 fully saturated rings. The Kier molecular flexibility index (Phi) is 6.29. The van der Waals surface area contributed by atoms with E-state index < -0.39 is 6.04 Å². The zero-order chi connectivity index (χ0) is 21.1. The molecular formula is C23H29N5OS. The first-order valence-corrected chi connectivity index (χ1v) is 11.4. The fourth-order valence-electron chi connectivity index (χ4n) is 3.96. The van der Waals surface area contributed by atoms with Gasteiger partial charge in [0, 0.05) is 18.0 Å².